The van der Waals surface area contributed by atoms with Gasteiger partial charge < -0.3 is 10.1 Å². The van der Waals surface area contributed by atoms with E-state index in [9.17, 15) is 4.79 Å². The summed E-state index contributed by atoms with van der Waals surface area (Å²) >= 11 is 0. The molecule has 1 aliphatic rings. The predicted octanol–water partition coefficient (Wildman–Crippen LogP) is 5.31. The van der Waals surface area contributed by atoms with Gasteiger partial charge in [0.15, 0.2) is 6.61 Å². The minimum Gasteiger partial charge on any atom is -0.484 e. The van der Waals surface area contributed by atoms with Crippen LogP contribution in [0.25, 0.3) is 0 Å². The zero-order chi connectivity index (χ0) is 17.5. The highest BCUT2D eigenvalue weighted by Gasteiger charge is 2.15. The van der Waals surface area contributed by atoms with Crippen molar-refractivity contribution < 1.29 is 9.53 Å². The largest absolute Gasteiger partial charge is 0.484 e. The van der Waals surface area contributed by atoms with Crippen LogP contribution in [0.1, 0.15) is 56.1 Å². The Morgan fingerprint density at radius 2 is 1.68 bits per heavy atom. The normalized spacial score (nSPS) is 14.9. The molecule has 0 saturated heterocycles. The molecule has 0 radical (unpaired) electrons. The molecule has 0 atom stereocenters. The molecule has 2 aromatic rings. The molecule has 1 N–H and O–H groups in total. The molecule has 1 fully saturated rings. The molecule has 3 nitrogen and oxygen atoms in total. The third-order valence-electron chi connectivity index (χ3n) is 4.97. The molecule has 0 aromatic heterocycles. The van der Waals surface area contributed by atoms with Gasteiger partial charge >= 0.3 is 0 Å². The molecule has 3 heteroatoms. The number of rotatable bonds is 6. The molecule has 0 spiro atoms. The maximum absolute atomic E-state index is 12.0. The number of nitrogens with one attached hydrogen (secondary N) is 1. The second kappa shape index (κ2) is 8.70. The summed E-state index contributed by atoms with van der Waals surface area (Å²) in [5.74, 6) is 1.30. The molecule has 25 heavy (non-hydrogen) atoms. The van der Waals surface area contributed by atoms with Crippen molar-refractivity contribution >= 4 is 11.6 Å². The number of carbonyl (C=O) groups is 1. The fourth-order valence-corrected chi connectivity index (χ4v) is 3.44. The van der Waals surface area contributed by atoms with Crippen molar-refractivity contribution in [2.24, 2.45) is 0 Å². The Hall–Kier alpha value is -2.29. The molecule has 0 unspecified atom stereocenters. The summed E-state index contributed by atoms with van der Waals surface area (Å²) in [7, 11) is 0. The van der Waals surface area contributed by atoms with Gasteiger partial charge in [-0.2, -0.15) is 0 Å². The Labute approximate surface area is 150 Å². The van der Waals surface area contributed by atoms with Crippen molar-refractivity contribution in [3.05, 3.63) is 59.7 Å². The van der Waals surface area contributed by atoms with E-state index in [4.69, 9.17) is 4.74 Å². The zero-order valence-electron chi connectivity index (χ0n) is 15.0. The Morgan fingerprint density at radius 3 is 2.32 bits per heavy atom. The lowest BCUT2D eigenvalue weighted by atomic mass is 9.84. The van der Waals surface area contributed by atoms with Crippen LogP contribution in [0.5, 0.6) is 5.75 Å². The molecule has 0 aliphatic heterocycles. The second-order valence-electron chi connectivity index (χ2n) is 6.79. The Bertz CT molecular complexity index is 670. The molecule has 3 rings (SSSR count). The van der Waals surface area contributed by atoms with E-state index in [1.165, 1.54) is 43.2 Å². The summed E-state index contributed by atoms with van der Waals surface area (Å²) in [4.78, 5) is 12.0. The van der Waals surface area contributed by atoms with Crippen LogP contribution in [0.4, 0.5) is 5.69 Å². The summed E-state index contributed by atoms with van der Waals surface area (Å²) in [5, 5.41) is 2.86. The minimum absolute atomic E-state index is 0.0261. The van der Waals surface area contributed by atoms with Crippen LogP contribution >= 0.6 is 0 Å². The number of anilines is 1. The van der Waals surface area contributed by atoms with Gasteiger partial charge in [-0.25, -0.2) is 0 Å². The third-order valence-corrected chi connectivity index (χ3v) is 4.97. The summed E-state index contributed by atoms with van der Waals surface area (Å²) in [5.41, 5.74) is 3.46. The van der Waals surface area contributed by atoms with E-state index >= 15 is 0 Å². The number of aryl methyl sites for hydroxylation is 1. The quantitative estimate of drug-likeness (QED) is 0.775. The molecular weight excluding hydrogens is 310 g/mol. The van der Waals surface area contributed by atoms with Crippen LogP contribution < -0.4 is 10.1 Å². The molecule has 0 heterocycles. The fraction of sp³-hybridized carbons (Fsp3) is 0.409. The highest BCUT2D eigenvalue weighted by molar-refractivity contribution is 5.91. The van der Waals surface area contributed by atoms with Crippen molar-refractivity contribution in [3.63, 3.8) is 0 Å². The number of hydrogen-bond acceptors (Lipinski definition) is 2. The van der Waals surface area contributed by atoms with Gasteiger partial charge in [-0.05, 0) is 60.6 Å². The second-order valence-corrected chi connectivity index (χ2v) is 6.79. The van der Waals surface area contributed by atoms with E-state index in [-0.39, 0.29) is 12.5 Å². The third kappa shape index (κ3) is 5.09. The fourth-order valence-electron chi connectivity index (χ4n) is 3.44. The van der Waals surface area contributed by atoms with Crippen LogP contribution in [-0.4, -0.2) is 12.5 Å². The Morgan fingerprint density at radius 1 is 1.00 bits per heavy atom. The van der Waals surface area contributed by atoms with Crippen molar-refractivity contribution in [1.29, 1.82) is 0 Å². The van der Waals surface area contributed by atoms with Gasteiger partial charge in [0.05, 0.1) is 0 Å². The Balaban J connectivity index is 1.47. The highest BCUT2D eigenvalue weighted by Crippen LogP contribution is 2.33. The van der Waals surface area contributed by atoms with E-state index in [0.29, 0.717) is 5.92 Å². The molecule has 132 valence electrons. The molecular formula is C22H27NO2. The van der Waals surface area contributed by atoms with Crippen LogP contribution in [0.3, 0.4) is 0 Å². The van der Waals surface area contributed by atoms with Crippen molar-refractivity contribution in [3.8, 4) is 5.75 Å². The minimum atomic E-state index is -0.138. The lowest BCUT2D eigenvalue weighted by molar-refractivity contribution is -0.118. The topological polar surface area (TPSA) is 38.3 Å². The van der Waals surface area contributed by atoms with Gasteiger partial charge in [0.25, 0.3) is 5.91 Å². The van der Waals surface area contributed by atoms with Crippen molar-refractivity contribution in [2.45, 2.75) is 51.4 Å². The number of carbonyl (C=O) groups excluding carboxylic acids is 1. The average molecular weight is 337 g/mol. The number of amides is 1. The standard InChI is InChI=1S/C22H27NO2/c1-2-17-8-12-20(13-9-17)23-22(24)16-25-21-14-10-19(11-15-21)18-6-4-3-5-7-18/h8-15,18H,2-7,16H2,1H3,(H,23,24). The van der Waals surface area contributed by atoms with E-state index in [1.807, 2.05) is 36.4 Å². The lowest BCUT2D eigenvalue weighted by Gasteiger charge is -2.22. The zero-order valence-corrected chi connectivity index (χ0v) is 15.0. The molecule has 0 bridgehead atoms. The number of benzene rings is 2. The molecule has 1 amide bonds. The van der Waals surface area contributed by atoms with Crippen molar-refractivity contribution in [2.75, 3.05) is 11.9 Å². The maximum atomic E-state index is 12.0. The van der Waals surface area contributed by atoms with E-state index in [1.54, 1.807) is 0 Å². The van der Waals surface area contributed by atoms with Crippen molar-refractivity contribution in [1.82, 2.24) is 0 Å². The van der Waals surface area contributed by atoms with Gasteiger partial charge in [-0.1, -0.05) is 50.5 Å². The van der Waals surface area contributed by atoms with E-state index in [0.717, 1.165) is 17.9 Å². The summed E-state index contributed by atoms with van der Waals surface area (Å²) in [6, 6.07) is 16.2. The molecule has 2 aromatic carbocycles. The first-order valence-corrected chi connectivity index (χ1v) is 9.36. The molecule has 1 aliphatic carbocycles. The first kappa shape index (κ1) is 17.5. The SMILES string of the molecule is CCc1ccc(NC(=O)COc2ccc(C3CCCCC3)cc2)cc1. The molecule has 1 saturated carbocycles. The summed E-state index contributed by atoms with van der Waals surface area (Å²) in [6.07, 6.45) is 7.62. The van der Waals surface area contributed by atoms with E-state index in [2.05, 4.69) is 24.4 Å². The first-order chi connectivity index (χ1) is 12.2. The van der Waals surface area contributed by atoms with Crippen LogP contribution in [0.2, 0.25) is 0 Å². The Kier molecular flexibility index (Phi) is 6.10. The van der Waals surface area contributed by atoms with Gasteiger partial charge in [0.1, 0.15) is 5.75 Å². The summed E-state index contributed by atoms with van der Waals surface area (Å²) < 4.78 is 5.62. The maximum Gasteiger partial charge on any atom is 0.262 e. The lowest BCUT2D eigenvalue weighted by Crippen LogP contribution is -2.20. The summed E-state index contributed by atoms with van der Waals surface area (Å²) in [6.45, 7) is 2.14. The highest BCUT2D eigenvalue weighted by atomic mass is 16.5. The van der Waals surface area contributed by atoms with Gasteiger partial charge in [0.2, 0.25) is 0 Å². The van der Waals surface area contributed by atoms with Gasteiger partial charge in [-0.15, -0.1) is 0 Å². The number of hydrogen-bond donors (Lipinski definition) is 1. The van der Waals surface area contributed by atoms with E-state index < -0.39 is 0 Å². The van der Waals surface area contributed by atoms with Crippen LogP contribution in [0.15, 0.2) is 48.5 Å². The average Bonchev–Trinajstić information content (AvgIpc) is 2.68. The van der Waals surface area contributed by atoms with Gasteiger partial charge in [-0.3, -0.25) is 4.79 Å². The van der Waals surface area contributed by atoms with Crippen LogP contribution in [0, 0.1) is 0 Å². The van der Waals surface area contributed by atoms with Gasteiger partial charge in [0, 0.05) is 5.69 Å². The number of ether oxygens (including phenoxy) is 1. The predicted molar refractivity (Wildman–Crippen MR) is 102 cm³/mol. The monoisotopic (exact) mass is 337 g/mol. The van der Waals surface area contributed by atoms with Crippen LogP contribution in [-0.2, 0) is 11.2 Å². The first-order valence-electron chi connectivity index (χ1n) is 9.36. The smallest absolute Gasteiger partial charge is 0.262 e.